The van der Waals surface area contributed by atoms with E-state index in [2.05, 4.69) is 10.4 Å². The number of rotatable bonds is 8. The molecule has 0 bridgehead atoms. The second kappa shape index (κ2) is 8.06. The van der Waals surface area contributed by atoms with Crippen molar-refractivity contribution in [3.8, 4) is 0 Å². The molecule has 24 heavy (non-hydrogen) atoms. The molecule has 1 saturated carbocycles. The van der Waals surface area contributed by atoms with Crippen LogP contribution in [0, 0.1) is 12.3 Å². The molecule has 1 amide bonds. The number of amides is 1. The van der Waals surface area contributed by atoms with E-state index in [-0.39, 0.29) is 5.91 Å². The summed E-state index contributed by atoms with van der Waals surface area (Å²) in [7, 11) is 3.31. The fourth-order valence-corrected chi connectivity index (χ4v) is 3.17. The van der Waals surface area contributed by atoms with Crippen LogP contribution in [0.4, 0.5) is 0 Å². The van der Waals surface area contributed by atoms with E-state index in [1.165, 1.54) is 4.68 Å². The molecule has 8 heteroatoms. The fraction of sp³-hybridized carbons (Fsp3) is 0.750. The van der Waals surface area contributed by atoms with Crippen LogP contribution in [0.1, 0.15) is 29.0 Å². The highest BCUT2D eigenvalue weighted by atomic mass is 16.5. The summed E-state index contributed by atoms with van der Waals surface area (Å²) in [6, 6.07) is 1.72. The Morgan fingerprint density at radius 1 is 1.42 bits per heavy atom. The van der Waals surface area contributed by atoms with E-state index in [0.29, 0.717) is 44.9 Å². The molecule has 0 radical (unpaired) electrons. The average Bonchev–Trinajstić information content (AvgIpc) is 3.01. The second-order valence-corrected chi connectivity index (χ2v) is 6.57. The molecule has 2 atom stereocenters. The van der Waals surface area contributed by atoms with Crippen molar-refractivity contribution < 1.29 is 24.5 Å². The second-order valence-electron chi connectivity index (χ2n) is 6.57. The first kappa shape index (κ1) is 18.9. The molecule has 1 aromatic heterocycles. The van der Waals surface area contributed by atoms with Crippen LogP contribution in [0.25, 0.3) is 0 Å². The van der Waals surface area contributed by atoms with Crippen LogP contribution in [0.2, 0.25) is 0 Å². The molecule has 1 aliphatic rings. The molecule has 2 unspecified atom stereocenters. The Hall–Kier alpha value is -1.48. The number of aliphatic hydroxyl groups is 2. The van der Waals surface area contributed by atoms with Crippen LogP contribution < -0.4 is 5.32 Å². The molecule has 0 aliphatic heterocycles. The maximum Gasteiger partial charge on any atom is 0.269 e. The molecule has 0 aromatic carbocycles. The molecular weight excluding hydrogens is 314 g/mol. The number of nitrogens with one attached hydrogen (secondary N) is 1. The lowest BCUT2D eigenvalue weighted by Crippen LogP contribution is -2.40. The van der Waals surface area contributed by atoms with Gasteiger partial charge < -0.3 is 25.0 Å². The number of hydrogen-bond acceptors (Lipinski definition) is 6. The molecule has 8 nitrogen and oxygen atoms in total. The summed E-state index contributed by atoms with van der Waals surface area (Å²) in [5.74, 6) is -0.231. The van der Waals surface area contributed by atoms with E-state index in [4.69, 9.17) is 9.47 Å². The molecule has 136 valence electrons. The predicted molar refractivity (Wildman–Crippen MR) is 86.7 cm³/mol. The lowest BCUT2D eigenvalue weighted by Gasteiger charge is -2.29. The van der Waals surface area contributed by atoms with Gasteiger partial charge in [-0.3, -0.25) is 9.48 Å². The van der Waals surface area contributed by atoms with Gasteiger partial charge in [0.2, 0.25) is 0 Å². The number of aliphatic hydroxyl groups excluding tert-OH is 2. The average molecular weight is 341 g/mol. The van der Waals surface area contributed by atoms with Crippen LogP contribution >= 0.6 is 0 Å². The van der Waals surface area contributed by atoms with Crippen LogP contribution in [0.15, 0.2) is 6.07 Å². The largest absolute Gasteiger partial charge is 0.390 e. The normalized spacial score (nSPS) is 26.7. The summed E-state index contributed by atoms with van der Waals surface area (Å²) < 4.78 is 12.1. The van der Waals surface area contributed by atoms with Crippen LogP contribution in [0.3, 0.4) is 0 Å². The monoisotopic (exact) mass is 341 g/mol. The summed E-state index contributed by atoms with van der Waals surface area (Å²) in [5, 5.41) is 26.9. The summed E-state index contributed by atoms with van der Waals surface area (Å²) in [5.41, 5.74) is 0.754. The highest BCUT2D eigenvalue weighted by Crippen LogP contribution is 2.38. The minimum absolute atomic E-state index is 0.231. The number of aromatic nitrogens is 2. The first-order valence-electron chi connectivity index (χ1n) is 8.08. The Balaban J connectivity index is 1.98. The number of ether oxygens (including phenoxy) is 2. The smallest absolute Gasteiger partial charge is 0.269 e. The third-order valence-corrected chi connectivity index (χ3v) is 4.43. The van der Waals surface area contributed by atoms with Crippen LogP contribution in [0.5, 0.6) is 0 Å². The standard InChI is InChI=1S/C16H27N3O5/c1-11-6-12(19(2)18-11)15(22)17-9-16(10-24-5-4-23-3)7-13(20)14(21)8-16/h6,13-14,20-21H,4-5,7-10H2,1-3H3,(H,17,22). The van der Waals surface area contributed by atoms with Gasteiger partial charge in [-0.2, -0.15) is 5.10 Å². The van der Waals surface area contributed by atoms with Crippen LogP contribution in [-0.4, -0.2) is 71.6 Å². The molecule has 3 N–H and O–H groups in total. The van der Waals surface area contributed by atoms with Gasteiger partial charge in [-0.15, -0.1) is 0 Å². The van der Waals surface area contributed by atoms with Crippen molar-refractivity contribution in [3.05, 3.63) is 17.5 Å². The zero-order chi connectivity index (χ0) is 17.7. The Labute approximate surface area is 141 Å². The minimum Gasteiger partial charge on any atom is -0.390 e. The first-order valence-corrected chi connectivity index (χ1v) is 8.08. The van der Waals surface area contributed by atoms with E-state index in [1.807, 2.05) is 6.92 Å². The maximum atomic E-state index is 12.4. The molecule has 1 aliphatic carbocycles. The fourth-order valence-electron chi connectivity index (χ4n) is 3.17. The topological polar surface area (TPSA) is 106 Å². The van der Waals surface area contributed by atoms with Crippen molar-refractivity contribution >= 4 is 5.91 Å². The van der Waals surface area contributed by atoms with Gasteiger partial charge in [-0.25, -0.2) is 0 Å². The zero-order valence-electron chi connectivity index (χ0n) is 14.5. The third kappa shape index (κ3) is 4.54. The third-order valence-electron chi connectivity index (χ3n) is 4.43. The first-order chi connectivity index (χ1) is 11.4. The number of hydrogen-bond donors (Lipinski definition) is 3. The lowest BCUT2D eigenvalue weighted by molar-refractivity contribution is 0.0113. The highest BCUT2D eigenvalue weighted by Gasteiger charge is 2.44. The van der Waals surface area contributed by atoms with E-state index in [1.54, 1.807) is 20.2 Å². The van der Waals surface area contributed by atoms with E-state index in [9.17, 15) is 15.0 Å². The van der Waals surface area contributed by atoms with Gasteiger partial charge in [0.15, 0.2) is 0 Å². The number of carbonyl (C=O) groups is 1. The van der Waals surface area contributed by atoms with Gasteiger partial charge in [0, 0.05) is 26.1 Å². The van der Waals surface area contributed by atoms with Gasteiger partial charge in [0.25, 0.3) is 5.91 Å². The SMILES string of the molecule is COCCOCC1(CNC(=O)c2cc(C)nn2C)CC(O)C(O)C1. The Bertz CT molecular complexity index is 550. The highest BCUT2D eigenvalue weighted by molar-refractivity contribution is 5.92. The van der Waals surface area contributed by atoms with Gasteiger partial charge in [0.1, 0.15) is 5.69 Å². The van der Waals surface area contributed by atoms with Crippen molar-refractivity contribution in [2.75, 3.05) is 33.5 Å². The number of nitrogens with zero attached hydrogens (tertiary/aromatic N) is 2. The van der Waals surface area contributed by atoms with Crippen molar-refractivity contribution in [1.29, 1.82) is 0 Å². The number of methoxy groups -OCH3 is 1. The lowest BCUT2D eigenvalue weighted by atomic mass is 9.86. The molecule has 0 spiro atoms. The van der Waals surface area contributed by atoms with Gasteiger partial charge in [-0.05, 0) is 25.8 Å². The molecule has 1 heterocycles. The maximum absolute atomic E-state index is 12.4. The van der Waals surface area contributed by atoms with Crippen molar-refractivity contribution in [3.63, 3.8) is 0 Å². The minimum atomic E-state index is -0.799. The molecular formula is C16H27N3O5. The van der Waals surface area contributed by atoms with E-state index >= 15 is 0 Å². The summed E-state index contributed by atoms with van der Waals surface area (Å²) >= 11 is 0. The van der Waals surface area contributed by atoms with Gasteiger partial charge >= 0.3 is 0 Å². The van der Waals surface area contributed by atoms with Gasteiger partial charge in [-0.1, -0.05) is 0 Å². The molecule has 2 rings (SSSR count). The number of aryl methyl sites for hydroxylation is 2. The quantitative estimate of drug-likeness (QED) is 0.557. The number of carbonyl (C=O) groups excluding carboxylic acids is 1. The molecule has 1 fully saturated rings. The molecule has 0 saturated heterocycles. The zero-order valence-corrected chi connectivity index (χ0v) is 14.5. The van der Waals surface area contributed by atoms with Crippen LogP contribution in [-0.2, 0) is 16.5 Å². The van der Waals surface area contributed by atoms with Gasteiger partial charge in [0.05, 0.1) is 37.7 Å². The Kier molecular flexibility index (Phi) is 6.34. The Morgan fingerprint density at radius 2 is 2.08 bits per heavy atom. The van der Waals surface area contributed by atoms with Crippen molar-refractivity contribution in [1.82, 2.24) is 15.1 Å². The summed E-state index contributed by atoms with van der Waals surface area (Å²) in [6.45, 7) is 3.39. The predicted octanol–water partition coefficient (Wildman–Crippen LogP) is -0.377. The van der Waals surface area contributed by atoms with E-state index in [0.717, 1.165) is 5.69 Å². The van der Waals surface area contributed by atoms with Crippen molar-refractivity contribution in [2.45, 2.75) is 32.0 Å². The Morgan fingerprint density at radius 3 is 2.62 bits per heavy atom. The van der Waals surface area contributed by atoms with E-state index < -0.39 is 17.6 Å². The summed E-state index contributed by atoms with van der Waals surface area (Å²) in [4.78, 5) is 12.4. The molecule has 1 aromatic rings. The summed E-state index contributed by atoms with van der Waals surface area (Å²) in [6.07, 6.45) is -0.837. The van der Waals surface area contributed by atoms with Crippen molar-refractivity contribution in [2.24, 2.45) is 12.5 Å².